The van der Waals surface area contributed by atoms with Gasteiger partial charge in [0.05, 0.1) is 6.04 Å². The van der Waals surface area contributed by atoms with Gasteiger partial charge in [0, 0.05) is 25.4 Å². The molecule has 0 radical (unpaired) electrons. The molecule has 1 aliphatic heterocycles. The lowest BCUT2D eigenvalue weighted by molar-refractivity contribution is -0.130. The summed E-state index contributed by atoms with van der Waals surface area (Å²) in [7, 11) is -4.68. The highest BCUT2D eigenvalue weighted by Gasteiger charge is 2.42. The van der Waals surface area contributed by atoms with Gasteiger partial charge >= 0.3 is 10.2 Å². The van der Waals surface area contributed by atoms with Crippen molar-refractivity contribution in [3.05, 3.63) is 30.1 Å². The molecular weight excluding hydrogens is 283 g/mol. The third kappa shape index (κ3) is 2.98. The van der Waals surface area contributed by atoms with Gasteiger partial charge in [-0.2, -0.15) is 8.42 Å². The number of rotatable bonds is 4. The van der Waals surface area contributed by atoms with Gasteiger partial charge < -0.3 is 4.90 Å². The van der Waals surface area contributed by atoms with Crippen LogP contribution in [0.2, 0.25) is 0 Å². The Kier molecular flexibility index (Phi) is 4.08. The van der Waals surface area contributed by atoms with Gasteiger partial charge in [-0.25, -0.2) is 0 Å². The molecular formula is C13H17FN2O3S. The molecule has 1 saturated heterocycles. The van der Waals surface area contributed by atoms with Gasteiger partial charge in [-0.3, -0.25) is 9.78 Å². The number of carbonyl (C=O) groups is 1. The van der Waals surface area contributed by atoms with Crippen LogP contribution in [0.4, 0.5) is 3.89 Å². The van der Waals surface area contributed by atoms with Gasteiger partial charge in [0.25, 0.3) is 0 Å². The van der Waals surface area contributed by atoms with E-state index in [0.717, 1.165) is 5.56 Å². The largest absolute Gasteiger partial charge is 0.334 e. The van der Waals surface area contributed by atoms with Gasteiger partial charge in [0.1, 0.15) is 5.25 Å². The Morgan fingerprint density at radius 1 is 1.35 bits per heavy atom. The number of hydrogen-bond donors (Lipinski definition) is 0. The SMILES string of the molecule is CC(C)C(c1ccncc1)N1CC(S(=O)(=O)F)CC1=O. The second kappa shape index (κ2) is 5.47. The van der Waals surface area contributed by atoms with E-state index >= 15 is 0 Å². The van der Waals surface area contributed by atoms with E-state index in [-0.39, 0.29) is 30.8 Å². The zero-order valence-corrected chi connectivity index (χ0v) is 12.2. The summed E-state index contributed by atoms with van der Waals surface area (Å²) in [6.45, 7) is 3.79. The van der Waals surface area contributed by atoms with E-state index in [2.05, 4.69) is 4.98 Å². The molecule has 0 saturated carbocycles. The standard InChI is InChI=1S/C13H17FN2O3S/c1-9(2)13(10-3-5-15-6-4-10)16-8-11(7-12(16)17)20(14,18)19/h3-6,9,11,13H,7-8H2,1-2H3. The lowest BCUT2D eigenvalue weighted by atomic mass is 9.95. The third-order valence-electron chi connectivity index (χ3n) is 3.54. The second-order valence-electron chi connectivity index (χ2n) is 5.32. The summed E-state index contributed by atoms with van der Waals surface area (Å²) in [6, 6.07) is 3.31. The normalized spacial score (nSPS) is 21.5. The van der Waals surface area contributed by atoms with Crippen molar-refractivity contribution < 1.29 is 17.1 Å². The van der Waals surface area contributed by atoms with Crippen LogP contribution in [0.1, 0.15) is 31.9 Å². The minimum Gasteiger partial charge on any atom is -0.334 e. The summed E-state index contributed by atoms with van der Waals surface area (Å²) in [6.07, 6.45) is 2.95. The molecule has 0 aromatic carbocycles. The van der Waals surface area contributed by atoms with Crippen LogP contribution in [0.5, 0.6) is 0 Å². The Labute approximate surface area is 118 Å². The molecule has 2 atom stereocenters. The van der Waals surface area contributed by atoms with Crippen molar-refractivity contribution >= 4 is 16.1 Å². The summed E-state index contributed by atoms with van der Waals surface area (Å²) in [5, 5.41) is -1.25. The predicted molar refractivity (Wildman–Crippen MR) is 72.0 cm³/mol. The quantitative estimate of drug-likeness (QED) is 0.793. The maximum Gasteiger partial charge on any atom is 0.307 e. The van der Waals surface area contributed by atoms with E-state index in [1.54, 1.807) is 24.5 Å². The molecule has 1 aliphatic rings. The molecule has 0 bridgehead atoms. The first-order chi connectivity index (χ1) is 9.30. The first-order valence-electron chi connectivity index (χ1n) is 6.43. The Balaban J connectivity index is 2.30. The summed E-state index contributed by atoms with van der Waals surface area (Å²) in [5.74, 6) is -0.242. The maximum atomic E-state index is 13.1. The van der Waals surface area contributed by atoms with E-state index in [0.29, 0.717) is 0 Å². The number of carbonyl (C=O) groups excluding carboxylic acids is 1. The molecule has 1 aromatic rings. The van der Waals surface area contributed by atoms with Gasteiger partial charge in [-0.15, -0.1) is 3.89 Å². The van der Waals surface area contributed by atoms with Crippen LogP contribution in [-0.4, -0.2) is 36.0 Å². The van der Waals surface area contributed by atoms with Crippen LogP contribution >= 0.6 is 0 Å². The van der Waals surface area contributed by atoms with Crippen molar-refractivity contribution in [2.24, 2.45) is 5.92 Å². The van der Waals surface area contributed by atoms with Gasteiger partial charge in [-0.1, -0.05) is 13.8 Å². The molecule has 7 heteroatoms. The third-order valence-corrected chi connectivity index (χ3v) is 4.65. The fourth-order valence-electron chi connectivity index (χ4n) is 2.64. The summed E-state index contributed by atoms with van der Waals surface area (Å²) < 4.78 is 35.1. The van der Waals surface area contributed by atoms with E-state index in [1.807, 2.05) is 13.8 Å². The number of aromatic nitrogens is 1. The summed E-state index contributed by atoms with van der Waals surface area (Å²) in [4.78, 5) is 17.4. The van der Waals surface area contributed by atoms with Crippen LogP contribution < -0.4 is 0 Å². The van der Waals surface area contributed by atoms with E-state index < -0.39 is 15.5 Å². The molecule has 2 heterocycles. The highest BCUT2D eigenvalue weighted by molar-refractivity contribution is 7.87. The monoisotopic (exact) mass is 300 g/mol. The van der Waals surface area contributed by atoms with Gasteiger partial charge in [-0.05, 0) is 23.6 Å². The lowest BCUT2D eigenvalue weighted by Gasteiger charge is -2.31. The minimum absolute atomic E-state index is 0.0856. The fraction of sp³-hybridized carbons (Fsp3) is 0.538. The summed E-state index contributed by atoms with van der Waals surface area (Å²) >= 11 is 0. The van der Waals surface area contributed by atoms with Crippen molar-refractivity contribution in [3.8, 4) is 0 Å². The van der Waals surface area contributed by atoms with Crippen LogP contribution in [0.25, 0.3) is 0 Å². The molecule has 5 nitrogen and oxygen atoms in total. The Morgan fingerprint density at radius 2 is 1.95 bits per heavy atom. The van der Waals surface area contributed by atoms with Crippen LogP contribution in [0, 0.1) is 5.92 Å². The van der Waals surface area contributed by atoms with Crippen molar-refractivity contribution in [1.82, 2.24) is 9.88 Å². The first-order valence-corrected chi connectivity index (χ1v) is 7.88. The van der Waals surface area contributed by atoms with E-state index in [1.165, 1.54) is 4.90 Å². The number of hydrogen-bond acceptors (Lipinski definition) is 4. The van der Waals surface area contributed by atoms with E-state index in [4.69, 9.17) is 0 Å². The lowest BCUT2D eigenvalue weighted by Crippen LogP contribution is -2.34. The molecule has 1 aromatic heterocycles. The molecule has 0 N–H and O–H groups in total. The fourth-order valence-corrected chi connectivity index (χ4v) is 3.32. The van der Waals surface area contributed by atoms with Crippen LogP contribution in [0.3, 0.4) is 0 Å². The maximum absolute atomic E-state index is 13.1. The van der Waals surface area contributed by atoms with Crippen molar-refractivity contribution in [3.63, 3.8) is 0 Å². The molecule has 2 rings (SSSR count). The average molecular weight is 300 g/mol. The van der Waals surface area contributed by atoms with Crippen LogP contribution in [0.15, 0.2) is 24.5 Å². The number of likely N-dealkylation sites (tertiary alicyclic amines) is 1. The molecule has 20 heavy (non-hydrogen) atoms. The van der Waals surface area contributed by atoms with Gasteiger partial charge in [0.2, 0.25) is 5.91 Å². The van der Waals surface area contributed by atoms with Crippen LogP contribution in [-0.2, 0) is 15.0 Å². The van der Waals surface area contributed by atoms with Gasteiger partial charge in [0.15, 0.2) is 0 Å². The van der Waals surface area contributed by atoms with Crippen molar-refractivity contribution in [2.75, 3.05) is 6.54 Å². The number of nitrogens with zero attached hydrogens (tertiary/aromatic N) is 2. The first kappa shape index (κ1) is 14.9. The molecule has 0 spiro atoms. The van der Waals surface area contributed by atoms with Crippen molar-refractivity contribution in [1.29, 1.82) is 0 Å². The second-order valence-corrected chi connectivity index (χ2v) is 6.94. The zero-order chi connectivity index (χ0) is 14.9. The highest BCUT2D eigenvalue weighted by atomic mass is 32.3. The Hall–Kier alpha value is -1.50. The Bertz CT molecular complexity index is 589. The van der Waals surface area contributed by atoms with Crippen molar-refractivity contribution in [2.45, 2.75) is 31.6 Å². The molecule has 1 amide bonds. The topological polar surface area (TPSA) is 67.3 Å². The number of halogens is 1. The minimum atomic E-state index is -4.68. The average Bonchev–Trinajstić information content (AvgIpc) is 2.73. The Morgan fingerprint density at radius 3 is 2.40 bits per heavy atom. The molecule has 110 valence electrons. The zero-order valence-electron chi connectivity index (χ0n) is 11.4. The number of amides is 1. The smallest absolute Gasteiger partial charge is 0.307 e. The summed E-state index contributed by atoms with van der Waals surface area (Å²) in [5.41, 5.74) is 0.875. The molecule has 1 fully saturated rings. The van der Waals surface area contributed by atoms with E-state index in [9.17, 15) is 17.1 Å². The predicted octanol–water partition coefficient (Wildman–Crippen LogP) is 1.68. The number of pyridine rings is 1. The molecule has 2 unspecified atom stereocenters. The highest BCUT2D eigenvalue weighted by Crippen LogP contribution is 2.33. The molecule has 0 aliphatic carbocycles.